The molecule has 25 heavy (non-hydrogen) atoms. The molecule has 0 spiro atoms. The Morgan fingerprint density at radius 1 is 1.28 bits per heavy atom. The van der Waals surface area contributed by atoms with Gasteiger partial charge >= 0.3 is 0 Å². The van der Waals surface area contributed by atoms with Gasteiger partial charge in [0.2, 0.25) is 0 Å². The largest absolute Gasteiger partial charge is 0.321 e. The van der Waals surface area contributed by atoms with Crippen LogP contribution in [-0.4, -0.2) is 10.8 Å². The molecule has 0 saturated heterocycles. The monoisotopic (exact) mass is 375 g/mol. The van der Waals surface area contributed by atoms with Crippen LogP contribution in [0.1, 0.15) is 11.1 Å². The summed E-state index contributed by atoms with van der Waals surface area (Å²) in [6.45, 7) is 1.62. The maximum absolute atomic E-state index is 12.3. The molecule has 2 aromatic rings. The molecule has 0 aliphatic rings. The number of aryl methyl sites for hydroxylation is 1. The van der Waals surface area contributed by atoms with E-state index < -0.39 is 10.8 Å². The highest BCUT2D eigenvalue weighted by Crippen LogP contribution is 2.24. The lowest BCUT2D eigenvalue weighted by molar-refractivity contribution is -0.384. The van der Waals surface area contributed by atoms with E-state index in [9.17, 15) is 20.2 Å². The SMILES string of the molecule is Cc1cc([N+](=O)[O-])ccc1NC(=O)C(C#N)=Cc1ccc(Cl)cc1Cl. The lowest BCUT2D eigenvalue weighted by Gasteiger charge is -2.08. The van der Waals surface area contributed by atoms with Crippen LogP contribution in [-0.2, 0) is 4.79 Å². The normalized spacial score (nSPS) is 10.9. The Kier molecular flexibility index (Phi) is 5.75. The van der Waals surface area contributed by atoms with Crippen LogP contribution < -0.4 is 5.32 Å². The number of anilines is 1. The molecule has 8 heteroatoms. The molecule has 0 bridgehead atoms. The van der Waals surface area contributed by atoms with Crippen LogP contribution in [0.4, 0.5) is 11.4 Å². The minimum atomic E-state index is -0.648. The van der Waals surface area contributed by atoms with Gasteiger partial charge in [-0.25, -0.2) is 0 Å². The second kappa shape index (κ2) is 7.79. The molecule has 1 N–H and O–H groups in total. The molecule has 0 radical (unpaired) electrons. The van der Waals surface area contributed by atoms with Crippen LogP contribution in [0.2, 0.25) is 10.0 Å². The van der Waals surface area contributed by atoms with Crippen molar-refractivity contribution in [3.8, 4) is 6.07 Å². The number of carbonyl (C=O) groups is 1. The highest BCUT2D eigenvalue weighted by Gasteiger charge is 2.14. The van der Waals surface area contributed by atoms with Crippen molar-refractivity contribution in [1.29, 1.82) is 5.26 Å². The van der Waals surface area contributed by atoms with Gasteiger partial charge in [-0.2, -0.15) is 5.26 Å². The number of nitrogens with one attached hydrogen (secondary N) is 1. The summed E-state index contributed by atoms with van der Waals surface area (Å²) < 4.78 is 0. The minimum absolute atomic E-state index is 0.0838. The topological polar surface area (TPSA) is 96.0 Å². The van der Waals surface area contributed by atoms with Crippen molar-refractivity contribution in [2.75, 3.05) is 5.32 Å². The molecule has 0 aromatic heterocycles. The van der Waals surface area contributed by atoms with Gasteiger partial charge in [-0.1, -0.05) is 29.3 Å². The third-order valence-corrected chi connectivity index (χ3v) is 3.86. The lowest BCUT2D eigenvalue weighted by Crippen LogP contribution is -2.14. The maximum Gasteiger partial charge on any atom is 0.269 e. The summed E-state index contributed by atoms with van der Waals surface area (Å²) in [5.41, 5.74) is 1.10. The van der Waals surface area contributed by atoms with Gasteiger partial charge in [-0.15, -0.1) is 0 Å². The van der Waals surface area contributed by atoms with Crippen LogP contribution in [0.3, 0.4) is 0 Å². The van der Waals surface area contributed by atoms with E-state index in [1.807, 2.05) is 6.07 Å². The predicted octanol–water partition coefficient (Wildman–Crippen LogP) is 4.76. The zero-order valence-corrected chi connectivity index (χ0v) is 14.4. The van der Waals surface area contributed by atoms with Crippen LogP contribution in [0.25, 0.3) is 6.08 Å². The first-order valence-corrected chi connectivity index (χ1v) is 7.70. The molecule has 0 fully saturated rings. The third kappa shape index (κ3) is 4.57. The summed E-state index contributed by atoms with van der Waals surface area (Å²) in [5.74, 6) is -0.648. The van der Waals surface area contributed by atoms with Crippen molar-refractivity contribution in [3.05, 3.63) is 73.3 Å². The van der Waals surface area contributed by atoms with E-state index in [0.29, 0.717) is 26.9 Å². The molecule has 0 aliphatic carbocycles. The Bertz CT molecular complexity index is 933. The zero-order valence-electron chi connectivity index (χ0n) is 12.9. The van der Waals surface area contributed by atoms with E-state index in [1.54, 1.807) is 19.1 Å². The number of nitriles is 1. The molecule has 2 rings (SSSR count). The standard InChI is InChI=1S/C17H11Cl2N3O3/c1-10-6-14(22(24)25)4-5-16(10)21-17(23)12(9-20)7-11-2-3-13(18)8-15(11)19/h2-8H,1H3,(H,21,23). The Labute approximate surface area is 153 Å². The molecule has 0 unspecified atom stereocenters. The summed E-state index contributed by atoms with van der Waals surface area (Å²) in [7, 11) is 0. The van der Waals surface area contributed by atoms with E-state index in [-0.39, 0.29) is 11.3 Å². The highest BCUT2D eigenvalue weighted by atomic mass is 35.5. The number of hydrogen-bond donors (Lipinski definition) is 1. The lowest BCUT2D eigenvalue weighted by atomic mass is 10.1. The zero-order chi connectivity index (χ0) is 18.6. The third-order valence-electron chi connectivity index (χ3n) is 3.30. The second-order valence-electron chi connectivity index (χ2n) is 5.05. The number of non-ortho nitro benzene ring substituents is 1. The van der Waals surface area contributed by atoms with Crippen LogP contribution >= 0.6 is 23.2 Å². The highest BCUT2D eigenvalue weighted by molar-refractivity contribution is 6.35. The molecule has 0 heterocycles. The number of benzene rings is 2. The number of nitro groups is 1. The number of nitrogens with zero attached hydrogens (tertiary/aromatic N) is 2. The Balaban J connectivity index is 2.28. The van der Waals surface area contributed by atoms with Gasteiger partial charge in [0.25, 0.3) is 11.6 Å². The first-order chi connectivity index (χ1) is 11.8. The number of rotatable bonds is 4. The van der Waals surface area contributed by atoms with Gasteiger partial charge in [-0.3, -0.25) is 14.9 Å². The average molecular weight is 376 g/mol. The Hall–Kier alpha value is -2.88. The van der Waals surface area contributed by atoms with Crippen LogP contribution in [0.15, 0.2) is 42.0 Å². The number of carbonyl (C=O) groups excluding carboxylic acids is 1. The van der Waals surface area contributed by atoms with Gasteiger partial charge < -0.3 is 5.32 Å². The molecular formula is C17H11Cl2N3O3. The minimum Gasteiger partial charge on any atom is -0.321 e. The fraction of sp³-hybridized carbons (Fsp3) is 0.0588. The molecule has 126 valence electrons. The van der Waals surface area contributed by atoms with Crippen molar-refractivity contribution in [3.63, 3.8) is 0 Å². The van der Waals surface area contributed by atoms with Gasteiger partial charge in [0, 0.05) is 27.9 Å². The van der Waals surface area contributed by atoms with Gasteiger partial charge in [0.05, 0.1) is 4.92 Å². The summed E-state index contributed by atoms with van der Waals surface area (Å²) in [6, 6.07) is 10.5. The maximum atomic E-state index is 12.3. The molecular weight excluding hydrogens is 365 g/mol. The van der Waals surface area contributed by atoms with Crippen LogP contribution in [0, 0.1) is 28.4 Å². The molecule has 0 aliphatic heterocycles. The van der Waals surface area contributed by atoms with Crippen molar-refractivity contribution in [2.45, 2.75) is 6.92 Å². The van der Waals surface area contributed by atoms with Crippen molar-refractivity contribution in [2.24, 2.45) is 0 Å². The number of amides is 1. The van der Waals surface area contributed by atoms with Crippen LogP contribution in [0.5, 0.6) is 0 Å². The predicted molar refractivity (Wildman–Crippen MR) is 96.5 cm³/mol. The summed E-state index contributed by atoms with van der Waals surface area (Å²) in [5, 5.41) is 23.3. The Morgan fingerprint density at radius 3 is 2.56 bits per heavy atom. The van der Waals surface area contributed by atoms with E-state index in [0.717, 1.165) is 0 Å². The second-order valence-corrected chi connectivity index (χ2v) is 5.89. The first-order valence-electron chi connectivity index (χ1n) is 6.95. The van der Waals surface area contributed by atoms with Gasteiger partial charge in [-0.05, 0) is 42.3 Å². The van der Waals surface area contributed by atoms with Crippen molar-refractivity contribution in [1.82, 2.24) is 0 Å². The van der Waals surface area contributed by atoms with Gasteiger partial charge in [0.1, 0.15) is 11.6 Å². The first kappa shape index (κ1) is 18.5. The quantitative estimate of drug-likeness (QED) is 0.360. The molecule has 1 amide bonds. The van der Waals surface area contributed by atoms with Crippen molar-refractivity contribution >= 4 is 46.6 Å². The number of hydrogen-bond acceptors (Lipinski definition) is 4. The summed E-state index contributed by atoms with van der Waals surface area (Å²) in [6.07, 6.45) is 1.34. The van der Waals surface area contributed by atoms with Crippen molar-refractivity contribution < 1.29 is 9.72 Å². The molecule has 0 saturated carbocycles. The molecule has 0 atom stereocenters. The van der Waals surface area contributed by atoms with Gasteiger partial charge in [0.15, 0.2) is 0 Å². The number of halogens is 2. The summed E-state index contributed by atoms with van der Waals surface area (Å²) in [4.78, 5) is 22.5. The fourth-order valence-electron chi connectivity index (χ4n) is 2.01. The molecule has 6 nitrogen and oxygen atoms in total. The van der Waals surface area contributed by atoms with E-state index in [4.69, 9.17) is 23.2 Å². The van der Waals surface area contributed by atoms with E-state index in [2.05, 4.69) is 5.32 Å². The van der Waals surface area contributed by atoms with E-state index in [1.165, 1.54) is 30.3 Å². The number of nitro benzene ring substituents is 1. The molecule has 2 aromatic carbocycles. The summed E-state index contributed by atoms with van der Waals surface area (Å²) >= 11 is 11.8. The smallest absolute Gasteiger partial charge is 0.269 e. The Morgan fingerprint density at radius 2 is 2.00 bits per heavy atom. The average Bonchev–Trinajstić information content (AvgIpc) is 2.55. The fourth-order valence-corrected chi connectivity index (χ4v) is 2.48. The van der Waals surface area contributed by atoms with E-state index >= 15 is 0 Å².